The number of benzene rings is 2. The highest BCUT2D eigenvalue weighted by Crippen LogP contribution is 2.50. The first-order chi connectivity index (χ1) is 12.4. The van der Waals surface area contributed by atoms with Crippen molar-refractivity contribution < 1.29 is 22.0 Å². The molecular formula is C20H21F2NO3S. The van der Waals surface area contributed by atoms with E-state index in [4.69, 9.17) is 0 Å². The fourth-order valence-electron chi connectivity index (χ4n) is 3.96. The Hall–Kier alpha value is -2.28. The molecule has 0 spiro atoms. The Morgan fingerprint density at radius 3 is 2.30 bits per heavy atom. The lowest BCUT2D eigenvalue weighted by Crippen LogP contribution is -2.43. The van der Waals surface area contributed by atoms with Gasteiger partial charge in [0.25, 0.3) is 0 Å². The molecule has 1 atom stereocenters. The average molecular weight is 393 g/mol. The van der Waals surface area contributed by atoms with Crippen LogP contribution in [0.3, 0.4) is 0 Å². The quantitative estimate of drug-likeness (QED) is 0.789. The van der Waals surface area contributed by atoms with Crippen molar-refractivity contribution in [3.05, 3.63) is 59.2 Å². The SMILES string of the molecule is Cc1cc(C)c2c(c1)N(C)C(=O)C2(C)CC(F)(F)S(=O)(=O)c1ccccc1. The molecule has 0 aliphatic carbocycles. The molecule has 0 radical (unpaired) electrons. The molecule has 3 rings (SSSR count). The molecule has 0 saturated heterocycles. The van der Waals surface area contributed by atoms with Crippen LogP contribution >= 0.6 is 0 Å². The van der Waals surface area contributed by atoms with E-state index in [1.165, 1.54) is 31.0 Å². The Morgan fingerprint density at radius 1 is 1.11 bits per heavy atom. The van der Waals surface area contributed by atoms with Crippen molar-refractivity contribution in [1.29, 1.82) is 0 Å². The van der Waals surface area contributed by atoms with Gasteiger partial charge in [0.05, 0.1) is 10.3 Å². The number of rotatable bonds is 4. The minimum absolute atomic E-state index is 0.460. The summed E-state index contributed by atoms with van der Waals surface area (Å²) in [5.41, 5.74) is 0.973. The van der Waals surface area contributed by atoms with E-state index in [-0.39, 0.29) is 0 Å². The maximum absolute atomic E-state index is 15.0. The van der Waals surface area contributed by atoms with Gasteiger partial charge in [-0.3, -0.25) is 4.79 Å². The molecule has 144 valence electrons. The Labute approximate surface area is 157 Å². The number of likely N-dealkylation sites (N-methyl/N-ethyl adjacent to an activating group) is 1. The van der Waals surface area contributed by atoms with E-state index in [0.29, 0.717) is 16.8 Å². The number of aryl methyl sites for hydroxylation is 2. The predicted molar refractivity (Wildman–Crippen MR) is 99.9 cm³/mol. The first-order valence-corrected chi connectivity index (χ1v) is 9.97. The normalized spacial score (nSPS) is 20.1. The second-order valence-electron chi connectivity index (χ2n) is 7.30. The molecule has 0 fully saturated rings. The summed E-state index contributed by atoms with van der Waals surface area (Å²) in [5.74, 6) is -0.533. The van der Waals surface area contributed by atoms with Gasteiger partial charge in [-0.25, -0.2) is 8.42 Å². The predicted octanol–water partition coefficient (Wildman–Crippen LogP) is 3.99. The minimum Gasteiger partial charge on any atom is -0.314 e. The van der Waals surface area contributed by atoms with Gasteiger partial charge in [-0.2, -0.15) is 8.78 Å². The first kappa shape index (κ1) is 19.5. The van der Waals surface area contributed by atoms with Gasteiger partial charge in [-0.05, 0) is 55.7 Å². The van der Waals surface area contributed by atoms with E-state index in [1.54, 1.807) is 19.1 Å². The topological polar surface area (TPSA) is 54.5 Å². The molecule has 7 heteroatoms. The first-order valence-electron chi connectivity index (χ1n) is 8.49. The molecule has 4 nitrogen and oxygen atoms in total. The number of amides is 1. The third-order valence-electron chi connectivity index (χ3n) is 5.15. The van der Waals surface area contributed by atoms with Crippen molar-refractivity contribution in [1.82, 2.24) is 0 Å². The summed E-state index contributed by atoms with van der Waals surface area (Å²) in [6.07, 6.45) is -1.11. The van der Waals surface area contributed by atoms with E-state index in [2.05, 4.69) is 0 Å². The van der Waals surface area contributed by atoms with E-state index in [9.17, 15) is 13.2 Å². The summed E-state index contributed by atoms with van der Waals surface area (Å²) in [4.78, 5) is 13.8. The Kier molecular flexibility index (Phi) is 4.42. The number of sulfone groups is 1. The van der Waals surface area contributed by atoms with Crippen molar-refractivity contribution >= 4 is 21.4 Å². The highest BCUT2D eigenvalue weighted by molar-refractivity contribution is 7.92. The smallest absolute Gasteiger partial charge is 0.314 e. The molecule has 0 N–H and O–H groups in total. The van der Waals surface area contributed by atoms with Crippen LogP contribution < -0.4 is 4.90 Å². The Bertz CT molecular complexity index is 1020. The van der Waals surface area contributed by atoms with Gasteiger partial charge in [0, 0.05) is 19.2 Å². The zero-order valence-electron chi connectivity index (χ0n) is 15.6. The van der Waals surface area contributed by atoms with Crippen LogP contribution in [0.25, 0.3) is 0 Å². The van der Waals surface area contributed by atoms with E-state index in [1.807, 2.05) is 13.0 Å². The van der Waals surface area contributed by atoms with Crippen LogP contribution in [0.4, 0.5) is 14.5 Å². The summed E-state index contributed by atoms with van der Waals surface area (Å²) >= 11 is 0. The van der Waals surface area contributed by atoms with Crippen molar-refractivity contribution in [2.75, 3.05) is 11.9 Å². The van der Waals surface area contributed by atoms with Gasteiger partial charge in [0.2, 0.25) is 15.7 Å². The number of hydrogen-bond donors (Lipinski definition) is 0. The fourth-order valence-corrected chi connectivity index (χ4v) is 5.30. The molecule has 1 heterocycles. The number of halogens is 2. The number of anilines is 1. The van der Waals surface area contributed by atoms with Gasteiger partial charge in [0.1, 0.15) is 0 Å². The largest absolute Gasteiger partial charge is 0.351 e. The Balaban J connectivity index is 2.11. The summed E-state index contributed by atoms with van der Waals surface area (Å²) in [5, 5.41) is -4.10. The van der Waals surface area contributed by atoms with Gasteiger partial charge in [-0.1, -0.05) is 24.3 Å². The third-order valence-corrected chi connectivity index (χ3v) is 6.98. The van der Waals surface area contributed by atoms with Gasteiger partial charge in [0.15, 0.2) is 0 Å². The van der Waals surface area contributed by atoms with Crippen LogP contribution in [0.1, 0.15) is 30.0 Å². The maximum Gasteiger partial charge on any atom is 0.351 e. The second kappa shape index (κ2) is 6.12. The van der Waals surface area contributed by atoms with Crippen LogP contribution in [-0.2, 0) is 20.0 Å². The number of hydrogen-bond acceptors (Lipinski definition) is 3. The molecular weight excluding hydrogens is 372 g/mol. The van der Waals surface area contributed by atoms with Crippen LogP contribution in [0.15, 0.2) is 47.4 Å². The number of fused-ring (bicyclic) bond motifs is 1. The summed E-state index contributed by atoms with van der Waals surface area (Å²) in [6.45, 7) is 5.00. The standard InChI is InChI=1S/C20H21F2NO3S/c1-13-10-14(2)17-16(11-13)23(4)18(24)19(17,3)12-20(21,22)27(25,26)15-8-6-5-7-9-15/h5-11H,12H2,1-4H3. The van der Waals surface area contributed by atoms with Crippen LogP contribution in [0.2, 0.25) is 0 Å². The highest BCUT2D eigenvalue weighted by atomic mass is 32.2. The molecule has 1 aliphatic heterocycles. The molecule has 1 amide bonds. The number of carbonyl (C=O) groups is 1. The molecule has 2 aromatic rings. The number of alkyl halides is 2. The molecule has 1 unspecified atom stereocenters. The monoisotopic (exact) mass is 393 g/mol. The lowest BCUT2D eigenvalue weighted by atomic mass is 9.78. The van der Waals surface area contributed by atoms with Crippen molar-refractivity contribution in [3.8, 4) is 0 Å². The highest BCUT2D eigenvalue weighted by Gasteiger charge is 2.57. The molecule has 27 heavy (non-hydrogen) atoms. The van der Waals surface area contributed by atoms with Crippen molar-refractivity contribution in [3.63, 3.8) is 0 Å². The average Bonchev–Trinajstić information content (AvgIpc) is 2.76. The second-order valence-corrected chi connectivity index (χ2v) is 9.38. The number of nitrogens with zero attached hydrogens (tertiary/aromatic N) is 1. The van der Waals surface area contributed by atoms with E-state index >= 15 is 8.78 Å². The summed E-state index contributed by atoms with van der Waals surface area (Å²) in [6, 6.07) is 10.2. The van der Waals surface area contributed by atoms with E-state index in [0.717, 1.165) is 17.7 Å². The molecule has 0 bridgehead atoms. The van der Waals surface area contributed by atoms with Gasteiger partial charge < -0.3 is 4.90 Å². The molecule has 0 aromatic heterocycles. The zero-order chi connectivity index (χ0) is 20.2. The molecule has 2 aromatic carbocycles. The van der Waals surface area contributed by atoms with Crippen LogP contribution in [0, 0.1) is 13.8 Å². The van der Waals surface area contributed by atoms with E-state index < -0.39 is 37.7 Å². The Morgan fingerprint density at radius 2 is 1.70 bits per heavy atom. The molecule has 0 saturated carbocycles. The van der Waals surface area contributed by atoms with Crippen molar-refractivity contribution in [2.45, 2.75) is 42.8 Å². The lowest BCUT2D eigenvalue weighted by Gasteiger charge is -2.29. The lowest BCUT2D eigenvalue weighted by molar-refractivity contribution is -0.124. The van der Waals surface area contributed by atoms with Gasteiger partial charge >= 0.3 is 5.25 Å². The fraction of sp³-hybridized carbons (Fsp3) is 0.350. The third kappa shape index (κ3) is 2.84. The number of carbonyl (C=O) groups excluding carboxylic acids is 1. The zero-order valence-corrected chi connectivity index (χ0v) is 16.4. The minimum atomic E-state index is -4.93. The summed E-state index contributed by atoms with van der Waals surface area (Å²) < 4.78 is 55.2. The summed E-state index contributed by atoms with van der Waals surface area (Å²) in [7, 11) is -3.41. The van der Waals surface area contributed by atoms with Gasteiger partial charge in [-0.15, -0.1) is 0 Å². The molecule has 1 aliphatic rings. The van der Waals surface area contributed by atoms with Crippen LogP contribution in [-0.4, -0.2) is 26.6 Å². The van der Waals surface area contributed by atoms with Crippen molar-refractivity contribution in [2.24, 2.45) is 0 Å². The van der Waals surface area contributed by atoms with Crippen LogP contribution in [0.5, 0.6) is 0 Å². The maximum atomic E-state index is 15.0.